The second-order valence-electron chi connectivity index (χ2n) is 8.95. The van der Waals surface area contributed by atoms with Crippen molar-refractivity contribution in [2.24, 2.45) is 11.7 Å². The van der Waals surface area contributed by atoms with Gasteiger partial charge in [0, 0.05) is 25.6 Å². The first-order valence-corrected chi connectivity index (χ1v) is 12.7. The summed E-state index contributed by atoms with van der Waals surface area (Å²) in [6.07, 6.45) is -0.506. The monoisotopic (exact) mass is 476 g/mol. The average Bonchev–Trinajstić information content (AvgIpc) is 3.11. The molecular weight excluding hydrogens is 436 g/mol. The molecular formula is C21H40N4O6S. The van der Waals surface area contributed by atoms with Gasteiger partial charge < -0.3 is 36.4 Å². The standard InChI is InChI=1S/C21H40N4O6S/c1-5-6-12-9-13(25(3)10-12)20(30)24-15(11(2)23-14(26)7-8-22)19-17(28)16(27)18(29)21(31-19)32-4/h11-13,15-19,21,27-29H,5-10,22H2,1-4H3,(H,23,26)(H,24,30)/t11-,12+,13-,15+,16?,17?,18+,19+,21?/m0/s1. The van der Waals surface area contributed by atoms with Crippen molar-refractivity contribution < 1.29 is 29.6 Å². The molecule has 2 amide bonds. The van der Waals surface area contributed by atoms with Crippen molar-refractivity contribution in [1.82, 2.24) is 15.5 Å². The zero-order valence-corrected chi connectivity index (χ0v) is 20.3. The zero-order valence-electron chi connectivity index (χ0n) is 19.4. The van der Waals surface area contributed by atoms with Crippen LogP contribution in [0.25, 0.3) is 0 Å². The highest BCUT2D eigenvalue weighted by Crippen LogP contribution is 2.30. The number of hydrogen-bond donors (Lipinski definition) is 6. The van der Waals surface area contributed by atoms with E-state index < -0.39 is 41.9 Å². The largest absolute Gasteiger partial charge is 0.388 e. The number of nitrogens with zero attached hydrogens (tertiary/aromatic N) is 1. The molecule has 0 bridgehead atoms. The molecule has 2 saturated heterocycles. The summed E-state index contributed by atoms with van der Waals surface area (Å²) >= 11 is 1.20. The number of nitrogens with one attached hydrogen (secondary N) is 2. The minimum absolute atomic E-state index is 0.123. The van der Waals surface area contributed by atoms with E-state index in [2.05, 4.69) is 17.6 Å². The normalized spacial score (nSPS) is 35.3. The van der Waals surface area contributed by atoms with Crippen LogP contribution in [0.5, 0.6) is 0 Å². The fraction of sp³-hybridized carbons (Fsp3) is 0.905. The Morgan fingerprint density at radius 1 is 1.22 bits per heavy atom. The molecule has 2 heterocycles. The van der Waals surface area contributed by atoms with E-state index in [1.165, 1.54) is 11.8 Å². The minimum Gasteiger partial charge on any atom is -0.388 e. The van der Waals surface area contributed by atoms with Crippen LogP contribution < -0.4 is 16.4 Å². The Balaban J connectivity index is 2.22. The lowest BCUT2D eigenvalue weighted by Gasteiger charge is -2.45. The van der Waals surface area contributed by atoms with E-state index in [1.54, 1.807) is 13.2 Å². The number of likely N-dealkylation sites (tertiary alicyclic amines) is 1. The number of carbonyl (C=O) groups excluding carboxylic acids is 2. The predicted molar refractivity (Wildman–Crippen MR) is 123 cm³/mol. The van der Waals surface area contributed by atoms with Crippen molar-refractivity contribution in [3.8, 4) is 0 Å². The van der Waals surface area contributed by atoms with Crippen LogP contribution in [-0.2, 0) is 14.3 Å². The number of amides is 2. The number of likely N-dealkylation sites (N-methyl/N-ethyl adjacent to an activating group) is 1. The third kappa shape index (κ3) is 6.55. The van der Waals surface area contributed by atoms with Gasteiger partial charge in [-0.25, -0.2) is 0 Å². The topological polar surface area (TPSA) is 157 Å². The molecule has 0 aromatic heterocycles. The molecule has 186 valence electrons. The number of aliphatic hydroxyl groups excluding tert-OH is 3. The molecule has 32 heavy (non-hydrogen) atoms. The van der Waals surface area contributed by atoms with Crippen molar-refractivity contribution in [3.05, 3.63) is 0 Å². The lowest BCUT2D eigenvalue weighted by atomic mass is 9.90. The SMILES string of the molecule is CCC[C@@H]1C[C@@H](C(=O)N[C@H]([C@H](C)NC(=O)CCN)[C@H]2OC(SC)[C@H](O)C(O)C2O)N(C)C1. The van der Waals surface area contributed by atoms with E-state index in [9.17, 15) is 24.9 Å². The third-order valence-corrected chi connectivity index (χ3v) is 7.29. The van der Waals surface area contributed by atoms with E-state index in [-0.39, 0.29) is 30.8 Å². The van der Waals surface area contributed by atoms with E-state index in [1.807, 2.05) is 11.9 Å². The molecule has 0 aromatic carbocycles. The number of thioether (sulfide) groups is 1. The maximum Gasteiger partial charge on any atom is 0.237 e. The highest BCUT2D eigenvalue weighted by atomic mass is 32.2. The van der Waals surface area contributed by atoms with Crippen LogP contribution in [0.3, 0.4) is 0 Å². The summed E-state index contributed by atoms with van der Waals surface area (Å²) in [5, 5.41) is 37.0. The highest BCUT2D eigenvalue weighted by Gasteiger charge is 2.48. The van der Waals surface area contributed by atoms with E-state index in [4.69, 9.17) is 10.5 Å². The van der Waals surface area contributed by atoms with Gasteiger partial charge in [-0.15, -0.1) is 11.8 Å². The van der Waals surface area contributed by atoms with Gasteiger partial charge in [-0.2, -0.15) is 0 Å². The fourth-order valence-corrected chi connectivity index (χ4v) is 5.37. The smallest absolute Gasteiger partial charge is 0.237 e. The lowest BCUT2D eigenvalue weighted by Crippen LogP contribution is -2.67. The Kier molecular flexibility index (Phi) is 10.7. The van der Waals surface area contributed by atoms with Crippen LogP contribution in [0.2, 0.25) is 0 Å². The average molecular weight is 477 g/mol. The number of rotatable bonds is 10. The summed E-state index contributed by atoms with van der Waals surface area (Å²) in [7, 11) is 1.91. The molecule has 2 aliphatic rings. The maximum atomic E-state index is 13.2. The van der Waals surface area contributed by atoms with Gasteiger partial charge in [0.1, 0.15) is 29.9 Å². The molecule has 0 spiro atoms. The van der Waals surface area contributed by atoms with Gasteiger partial charge in [-0.1, -0.05) is 13.3 Å². The summed E-state index contributed by atoms with van der Waals surface area (Å²) < 4.78 is 5.90. The summed E-state index contributed by atoms with van der Waals surface area (Å²) in [5.41, 5.74) is 4.68. The Morgan fingerprint density at radius 3 is 2.50 bits per heavy atom. The first-order valence-electron chi connectivity index (χ1n) is 11.4. The molecule has 2 aliphatic heterocycles. The van der Waals surface area contributed by atoms with Gasteiger partial charge >= 0.3 is 0 Å². The molecule has 9 atom stereocenters. The Morgan fingerprint density at radius 2 is 1.91 bits per heavy atom. The number of nitrogens with two attached hydrogens (primary N) is 1. The molecule has 10 nitrogen and oxygen atoms in total. The minimum atomic E-state index is -1.44. The molecule has 0 aromatic rings. The quantitative estimate of drug-likeness (QED) is 0.223. The van der Waals surface area contributed by atoms with Crippen molar-refractivity contribution in [2.45, 2.75) is 87.5 Å². The first kappa shape index (κ1) is 27.3. The number of hydrogen-bond acceptors (Lipinski definition) is 9. The number of ether oxygens (including phenoxy) is 1. The van der Waals surface area contributed by atoms with Gasteiger partial charge in [-0.05, 0) is 39.0 Å². The van der Waals surface area contributed by atoms with Crippen molar-refractivity contribution >= 4 is 23.6 Å². The molecule has 2 rings (SSSR count). The molecule has 0 saturated carbocycles. The molecule has 2 fully saturated rings. The summed E-state index contributed by atoms with van der Waals surface area (Å²) in [4.78, 5) is 27.4. The summed E-state index contributed by atoms with van der Waals surface area (Å²) in [6, 6.07) is -1.76. The molecule has 0 radical (unpaired) electrons. The van der Waals surface area contributed by atoms with E-state index in [0.717, 1.165) is 25.8 Å². The van der Waals surface area contributed by atoms with Crippen LogP contribution in [0, 0.1) is 5.92 Å². The highest BCUT2D eigenvalue weighted by molar-refractivity contribution is 7.99. The maximum absolute atomic E-state index is 13.2. The Hall–Kier alpha value is -0.950. The van der Waals surface area contributed by atoms with Crippen molar-refractivity contribution in [2.75, 3.05) is 26.4 Å². The van der Waals surface area contributed by atoms with Crippen LogP contribution in [0.15, 0.2) is 0 Å². The number of aliphatic hydroxyl groups is 3. The Bertz CT molecular complexity index is 627. The lowest BCUT2D eigenvalue weighted by molar-refractivity contribution is -0.207. The van der Waals surface area contributed by atoms with E-state index >= 15 is 0 Å². The Labute approximate surface area is 194 Å². The third-order valence-electron chi connectivity index (χ3n) is 6.43. The van der Waals surface area contributed by atoms with Crippen LogP contribution in [-0.4, -0.2) is 106 Å². The first-order chi connectivity index (χ1) is 15.1. The van der Waals surface area contributed by atoms with Gasteiger partial charge in [0.25, 0.3) is 0 Å². The van der Waals surface area contributed by atoms with E-state index in [0.29, 0.717) is 5.92 Å². The number of carbonyl (C=O) groups is 2. The van der Waals surface area contributed by atoms with Crippen LogP contribution >= 0.6 is 11.8 Å². The summed E-state index contributed by atoms with van der Waals surface area (Å²) in [5.74, 6) is -0.0593. The summed E-state index contributed by atoms with van der Waals surface area (Å²) in [6.45, 7) is 4.85. The van der Waals surface area contributed by atoms with Crippen molar-refractivity contribution in [1.29, 1.82) is 0 Å². The zero-order chi connectivity index (χ0) is 24.0. The molecule has 3 unspecified atom stereocenters. The van der Waals surface area contributed by atoms with Crippen LogP contribution in [0.1, 0.15) is 39.5 Å². The fourth-order valence-electron chi connectivity index (χ4n) is 4.69. The van der Waals surface area contributed by atoms with Gasteiger partial charge in [0.15, 0.2) is 0 Å². The van der Waals surface area contributed by atoms with Crippen LogP contribution in [0.4, 0.5) is 0 Å². The predicted octanol–water partition coefficient (Wildman–Crippen LogP) is -1.38. The second kappa shape index (κ2) is 12.5. The van der Waals surface area contributed by atoms with Gasteiger partial charge in [0.2, 0.25) is 11.8 Å². The molecule has 0 aliphatic carbocycles. The molecule has 7 N–H and O–H groups in total. The van der Waals surface area contributed by atoms with Gasteiger partial charge in [0.05, 0.1) is 12.1 Å². The second-order valence-corrected chi connectivity index (χ2v) is 9.89. The molecule has 11 heteroatoms. The van der Waals surface area contributed by atoms with Crippen molar-refractivity contribution in [3.63, 3.8) is 0 Å². The van der Waals surface area contributed by atoms with Gasteiger partial charge in [-0.3, -0.25) is 14.5 Å².